The molecule has 0 aliphatic heterocycles. The van der Waals surface area contributed by atoms with Crippen LogP contribution in [0.2, 0.25) is 0 Å². The minimum atomic E-state index is -0.841. The van der Waals surface area contributed by atoms with Crippen LogP contribution in [0.25, 0.3) is 21.6 Å². The first kappa shape index (κ1) is 14.5. The van der Waals surface area contributed by atoms with E-state index < -0.39 is 11.6 Å². The van der Waals surface area contributed by atoms with Gasteiger partial charge in [0.05, 0.1) is 4.88 Å². The van der Waals surface area contributed by atoms with Crippen molar-refractivity contribution in [2.45, 2.75) is 6.92 Å². The van der Waals surface area contributed by atoms with Gasteiger partial charge in [0.2, 0.25) is 0 Å². The number of halogens is 2. The summed E-state index contributed by atoms with van der Waals surface area (Å²) in [5.41, 5.74) is 3.74. The van der Waals surface area contributed by atoms with Crippen LogP contribution in [-0.4, -0.2) is 0 Å². The van der Waals surface area contributed by atoms with Crippen molar-refractivity contribution in [3.05, 3.63) is 63.5 Å². The van der Waals surface area contributed by atoms with Crippen LogP contribution in [0, 0.1) is 22.4 Å². The highest BCUT2D eigenvalue weighted by molar-refractivity contribution is 7.80. The Morgan fingerprint density at radius 1 is 0.857 bits per heavy atom. The van der Waals surface area contributed by atoms with Gasteiger partial charge in [-0.05, 0) is 30.2 Å². The van der Waals surface area contributed by atoms with Gasteiger partial charge in [0, 0.05) is 5.56 Å². The maximum Gasteiger partial charge on any atom is 0.159 e. The topological polar surface area (TPSA) is 0 Å². The maximum atomic E-state index is 13.5. The molecule has 0 fully saturated rings. The second-order valence-corrected chi connectivity index (χ2v) is 7.47. The van der Waals surface area contributed by atoms with Gasteiger partial charge in [-0.15, -0.1) is 0 Å². The van der Waals surface area contributed by atoms with Gasteiger partial charge in [-0.3, -0.25) is 0 Å². The highest BCUT2D eigenvalue weighted by atomic mass is 32.9. The average molecular weight is 336 g/mol. The van der Waals surface area contributed by atoms with Crippen LogP contribution < -0.4 is 0 Å². The molecule has 0 amide bonds. The Kier molecular flexibility index (Phi) is 3.97. The second-order valence-electron chi connectivity index (χ2n) is 4.65. The lowest BCUT2D eigenvalue weighted by Gasteiger charge is -2.05. The van der Waals surface area contributed by atoms with Gasteiger partial charge in [0.15, 0.2) is 11.6 Å². The molecule has 0 bridgehead atoms. The third-order valence-electron chi connectivity index (χ3n) is 3.15. The summed E-state index contributed by atoms with van der Waals surface area (Å²) in [5.74, 6) is -1.68. The van der Waals surface area contributed by atoms with Crippen molar-refractivity contribution in [1.82, 2.24) is 0 Å². The number of benzene rings is 2. The largest absolute Gasteiger partial charge is 0.204 e. The van der Waals surface area contributed by atoms with Gasteiger partial charge in [0.1, 0.15) is 3.82 Å². The molecule has 106 valence electrons. The molecule has 0 saturated carbocycles. The zero-order chi connectivity index (χ0) is 15.0. The highest BCUT2D eigenvalue weighted by Crippen LogP contribution is 2.41. The molecule has 0 aliphatic carbocycles. The molecule has 21 heavy (non-hydrogen) atoms. The van der Waals surface area contributed by atoms with Gasteiger partial charge in [-0.2, -0.15) is 0 Å². The Hall–Kier alpha value is -1.43. The van der Waals surface area contributed by atoms with Crippen molar-refractivity contribution < 1.29 is 8.78 Å². The Labute approximate surface area is 133 Å². The molecule has 2 aromatic carbocycles. The standard InChI is InChI=1S/C16H10F2S3/c1-9-2-4-10(5-3-9)14-15(20-21-16(14)19)11-6-7-12(17)13(18)8-11/h2-8H,1H3. The van der Waals surface area contributed by atoms with Crippen LogP contribution in [0.4, 0.5) is 8.78 Å². The van der Waals surface area contributed by atoms with Crippen LogP contribution in [0.1, 0.15) is 5.56 Å². The first-order valence-corrected chi connectivity index (χ1v) is 8.77. The van der Waals surface area contributed by atoms with Crippen LogP contribution in [0.5, 0.6) is 0 Å². The summed E-state index contributed by atoms with van der Waals surface area (Å²) in [6.45, 7) is 2.02. The molecule has 0 N–H and O–H groups in total. The Morgan fingerprint density at radius 2 is 1.52 bits per heavy atom. The molecule has 0 spiro atoms. The molecule has 0 nitrogen and oxygen atoms in total. The van der Waals surface area contributed by atoms with Crippen LogP contribution >= 0.6 is 32.9 Å². The molecule has 3 rings (SSSR count). The number of hydrogen-bond donors (Lipinski definition) is 0. The van der Waals surface area contributed by atoms with E-state index in [-0.39, 0.29) is 0 Å². The number of rotatable bonds is 2. The summed E-state index contributed by atoms with van der Waals surface area (Å²) in [7, 11) is 2.97. The van der Waals surface area contributed by atoms with Crippen LogP contribution in [-0.2, 0) is 0 Å². The molecule has 1 heterocycles. The third-order valence-corrected chi connectivity index (χ3v) is 6.22. The molecule has 3 aromatic rings. The van der Waals surface area contributed by atoms with E-state index in [2.05, 4.69) is 0 Å². The molecule has 0 saturated heterocycles. The first-order chi connectivity index (χ1) is 10.1. The van der Waals surface area contributed by atoms with E-state index in [1.807, 2.05) is 31.2 Å². The van der Waals surface area contributed by atoms with E-state index in [1.54, 1.807) is 6.07 Å². The molecule has 5 heteroatoms. The Bertz CT molecular complexity index is 845. The van der Waals surface area contributed by atoms with Crippen molar-refractivity contribution in [3.63, 3.8) is 0 Å². The fraction of sp³-hybridized carbons (Fsp3) is 0.0625. The van der Waals surface area contributed by atoms with Gasteiger partial charge < -0.3 is 0 Å². The summed E-state index contributed by atoms with van der Waals surface area (Å²) in [5, 5.41) is 0. The van der Waals surface area contributed by atoms with E-state index in [0.29, 0.717) is 5.56 Å². The number of hydrogen-bond acceptors (Lipinski definition) is 3. The van der Waals surface area contributed by atoms with Gasteiger partial charge >= 0.3 is 0 Å². The highest BCUT2D eigenvalue weighted by Gasteiger charge is 2.14. The predicted octanol–water partition coefficient (Wildman–Crippen LogP) is 6.46. The molecule has 0 radical (unpaired) electrons. The van der Waals surface area contributed by atoms with Crippen LogP contribution in [0.15, 0.2) is 42.5 Å². The smallest absolute Gasteiger partial charge is 0.159 e. The summed E-state index contributed by atoms with van der Waals surface area (Å²) in [6.07, 6.45) is 0. The summed E-state index contributed by atoms with van der Waals surface area (Å²) in [4.78, 5) is 0.882. The van der Waals surface area contributed by atoms with Gasteiger partial charge in [0.25, 0.3) is 0 Å². The maximum absolute atomic E-state index is 13.5. The zero-order valence-electron chi connectivity index (χ0n) is 11.0. The van der Waals surface area contributed by atoms with E-state index in [4.69, 9.17) is 12.2 Å². The van der Waals surface area contributed by atoms with Crippen molar-refractivity contribution in [1.29, 1.82) is 0 Å². The average Bonchev–Trinajstić information content (AvgIpc) is 2.85. The molecular formula is C16H10F2S3. The summed E-state index contributed by atoms with van der Waals surface area (Å²) >= 11 is 5.41. The Balaban J connectivity index is 2.19. The fourth-order valence-corrected chi connectivity index (χ4v) is 4.96. The summed E-state index contributed by atoms with van der Waals surface area (Å²) < 4.78 is 27.3. The van der Waals surface area contributed by atoms with Crippen molar-refractivity contribution in [3.8, 4) is 21.6 Å². The molecule has 0 unspecified atom stereocenters. The molecule has 1 aromatic heterocycles. The van der Waals surface area contributed by atoms with E-state index in [0.717, 1.165) is 31.5 Å². The minimum absolute atomic E-state index is 0.654. The molecule has 0 aliphatic rings. The normalized spacial score (nSPS) is 10.8. The summed E-state index contributed by atoms with van der Waals surface area (Å²) in [6, 6.07) is 12.0. The van der Waals surface area contributed by atoms with Crippen molar-refractivity contribution in [2.24, 2.45) is 0 Å². The van der Waals surface area contributed by atoms with E-state index >= 15 is 0 Å². The zero-order valence-corrected chi connectivity index (χ0v) is 13.5. The fourth-order valence-electron chi connectivity index (χ4n) is 2.05. The van der Waals surface area contributed by atoms with Crippen molar-refractivity contribution in [2.75, 3.05) is 0 Å². The second kappa shape index (κ2) is 5.75. The minimum Gasteiger partial charge on any atom is -0.204 e. The predicted molar refractivity (Wildman–Crippen MR) is 88.6 cm³/mol. The van der Waals surface area contributed by atoms with E-state index in [9.17, 15) is 8.78 Å². The number of aryl methyl sites for hydroxylation is 1. The van der Waals surface area contributed by atoms with E-state index in [1.165, 1.54) is 26.7 Å². The quantitative estimate of drug-likeness (QED) is 0.382. The lowest BCUT2D eigenvalue weighted by molar-refractivity contribution is 0.509. The van der Waals surface area contributed by atoms with Crippen molar-refractivity contribution >= 4 is 32.9 Å². The molecule has 0 atom stereocenters. The first-order valence-electron chi connectivity index (χ1n) is 6.22. The monoisotopic (exact) mass is 336 g/mol. The van der Waals surface area contributed by atoms with Gasteiger partial charge in [-0.25, -0.2) is 8.78 Å². The lowest BCUT2D eigenvalue weighted by atomic mass is 10.0. The third kappa shape index (κ3) is 2.81. The Morgan fingerprint density at radius 3 is 2.19 bits per heavy atom. The van der Waals surface area contributed by atoms with Crippen LogP contribution in [0.3, 0.4) is 0 Å². The molecular weight excluding hydrogens is 326 g/mol. The lowest BCUT2D eigenvalue weighted by Crippen LogP contribution is -1.86. The SMILES string of the molecule is Cc1ccc(-c2c(-c3ccc(F)c(F)c3)ssc2=S)cc1. The van der Waals surface area contributed by atoms with Gasteiger partial charge in [-0.1, -0.05) is 68.8 Å².